The number of anilines is 2. The van der Waals surface area contributed by atoms with E-state index in [4.69, 9.17) is 40.5 Å². The molecule has 2 N–H and O–H groups in total. The molecule has 0 bridgehead atoms. The van der Waals surface area contributed by atoms with Gasteiger partial charge in [0.25, 0.3) is 20.0 Å². The lowest BCUT2D eigenvalue weighted by Crippen LogP contribution is -2.51. The van der Waals surface area contributed by atoms with Crippen molar-refractivity contribution in [2.45, 2.75) is 35.7 Å². The van der Waals surface area contributed by atoms with Crippen molar-refractivity contribution >= 4 is 72.3 Å². The molecule has 0 radical (unpaired) electrons. The van der Waals surface area contributed by atoms with E-state index in [0.717, 1.165) is 38.0 Å². The zero-order valence-corrected chi connectivity index (χ0v) is 31.4. The highest BCUT2D eigenvalue weighted by molar-refractivity contribution is 8.10. The lowest BCUT2D eigenvalue weighted by Gasteiger charge is -2.39. The second-order valence-corrected chi connectivity index (χ2v) is 17.7. The Morgan fingerprint density at radius 3 is 1.78 bits per heavy atom. The lowest BCUT2D eigenvalue weighted by molar-refractivity contribution is -0.139. The lowest BCUT2D eigenvalue weighted by atomic mass is 9.94. The number of aromatic nitrogens is 1. The van der Waals surface area contributed by atoms with Gasteiger partial charge in [0, 0.05) is 66.5 Å². The monoisotopic (exact) mass is 790 g/mol. The van der Waals surface area contributed by atoms with Gasteiger partial charge in [-0.05, 0) is 110 Å². The smallest absolute Gasteiger partial charge is 0.277 e. The summed E-state index contributed by atoms with van der Waals surface area (Å²) in [4.78, 5) is 23.3. The van der Waals surface area contributed by atoms with Crippen LogP contribution in [-0.2, 0) is 37.9 Å². The van der Waals surface area contributed by atoms with Crippen LogP contribution in [0.2, 0.25) is 15.1 Å². The number of piperidine rings is 1. The molecule has 0 atom stereocenters. The van der Waals surface area contributed by atoms with Crippen LogP contribution >= 0.6 is 34.8 Å². The molecule has 1 aromatic heterocycles. The molecule has 3 heterocycles. The van der Waals surface area contributed by atoms with Crippen LogP contribution in [0, 0.1) is 5.92 Å². The van der Waals surface area contributed by atoms with Gasteiger partial charge in [0.05, 0.1) is 15.5 Å². The Morgan fingerprint density at radius 2 is 1.24 bits per heavy atom. The van der Waals surface area contributed by atoms with Crippen molar-refractivity contribution in [3.8, 4) is 0 Å². The van der Waals surface area contributed by atoms with E-state index in [1.165, 1.54) is 54.6 Å². The molecule has 4 aromatic rings. The normalized spacial score (nSPS) is 16.6. The second kappa shape index (κ2) is 15.7. The number of sulfonamides is 2. The first-order valence-electron chi connectivity index (χ1n) is 16.4. The Morgan fingerprint density at radius 1 is 0.706 bits per heavy atom. The van der Waals surface area contributed by atoms with Crippen molar-refractivity contribution in [2.75, 3.05) is 48.7 Å². The van der Waals surface area contributed by atoms with Crippen LogP contribution in [0.3, 0.4) is 0 Å². The molecule has 2 aliphatic rings. The quantitative estimate of drug-likeness (QED) is 0.213. The summed E-state index contributed by atoms with van der Waals surface area (Å²) in [7, 11) is -9.42. The molecule has 0 unspecified atom stereocenters. The summed E-state index contributed by atoms with van der Waals surface area (Å²) in [6, 6.07) is 18.9. The third-order valence-electron chi connectivity index (χ3n) is 9.17. The van der Waals surface area contributed by atoms with Gasteiger partial charge in [-0.15, -0.1) is 0 Å². The van der Waals surface area contributed by atoms with Gasteiger partial charge in [-0.3, -0.25) is 14.6 Å². The third kappa shape index (κ3) is 8.62. The number of carbonyl (C=O) groups is 1. The van der Waals surface area contributed by atoms with Gasteiger partial charge in [-0.2, -0.15) is 3.71 Å². The summed E-state index contributed by atoms with van der Waals surface area (Å²) in [5.41, 5.74) is 7.25. The Hall–Kier alpha value is -3.43. The minimum Gasteiger partial charge on any atom is -0.384 e. The molecular formula is C35H37Cl3N6O5S2. The first kappa shape index (κ1) is 37.3. The number of nitrogens with two attached hydrogens (primary N) is 1. The van der Waals surface area contributed by atoms with Crippen LogP contribution in [0.1, 0.15) is 24.0 Å². The van der Waals surface area contributed by atoms with Crippen LogP contribution < -0.4 is 9.44 Å². The standard InChI is InChI=1S/C35H37Cl3N6O5S2/c36-28-3-7-31(8-4-28)50(46,47)44(51(48,49)32-9-5-29(37)6-10-32)33-22-30(38)2-1-27(33)24-42-17-19-43(20-18-42)35(45)26-12-15-41(16-13-26)23-25-11-14-40-34(39)21-25/h1-11,14,21-22,26H,12-13,15-20,23-24H2,(H2,39,40). The predicted octanol–water partition coefficient (Wildman–Crippen LogP) is 5.76. The summed E-state index contributed by atoms with van der Waals surface area (Å²) >= 11 is 18.5. The number of nitrogens with zero attached hydrogens (tertiary/aromatic N) is 5. The van der Waals surface area contributed by atoms with Crippen molar-refractivity contribution in [3.05, 3.63) is 111 Å². The molecule has 16 heteroatoms. The first-order valence-corrected chi connectivity index (χ1v) is 20.4. The van der Waals surface area contributed by atoms with Crippen LogP contribution in [0.5, 0.6) is 0 Å². The Kier molecular flexibility index (Phi) is 11.5. The van der Waals surface area contributed by atoms with Gasteiger partial charge in [0.15, 0.2) is 0 Å². The maximum atomic E-state index is 14.2. The second-order valence-electron chi connectivity index (χ2n) is 12.6. The van der Waals surface area contributed by atoms with Crippen molar-refractivity contribution in [1.29, 1.82) is 0 Å². The SMILES string of the molecule is Nc1cc(CN2CCC(C(=O)N3CCN(Cc4ccc(Cl)cc4N(S(=O)(=O)c4ccc(Cl)cc4)S(=O)(=O)c4ccc(Cl)cc4)CC3)CC2)ccn1. The number of pyridine rings is 1. The highest BCUT2D eigenvalue weighted by atomic mass is 35.5. The van der Waals surface area contributed by atoms with Crippen LogP contribution in [-0.4, -0.2) is 81.7 Å². The van der Waals surface area contributed by atoms with E-state index in [1.807, 2.05) is 17.0 Å². The van der Waals surface area contributed by atoms with E-state index < -0.39 is 20.0 Å². The predicted molar refractivity (Wildman–Crippen MR) is 200 cm³/mol. The summed E-state index contributed by atoms with van der Waals surface area (Å²) in [5.74, 6) is 0.582. The van der Waals surface area contributed by atoms with Gasteiger partial charge >= 0.3 is 0 Å². The third-order valence-corrected chi connectivity index (χ3v) is 14.1. The zero-order chi connectivity index (χ0) is 36.3. The average molecular weight is 792 g/mol. The van der Waals surface area contributed by atoms with Crippen LogP contribution in [0.15, 0.2) is 94.9 Å². The zero-order valence-electron chi connectivity index (χ0n) is 27.5. The molecule has 2 aliphatic heterocycles. The number of piperazine rings is 1. The fourth-order valence-corrected chi connectivity index (χ4v) is 10.6. The highest BCUT2D eigenvalue weighted by Crippen LogP contribution is 2.36. The average Bonchev–Trinajstić information content (AvgIpc) is 3.10. The Labute approximate surface area is 313 Å². The van der Waals surface area contributed by atoms with Crippen molar-refractivity contribution in [2.24, 2.45) is 5.92 Å². The molecule has 0 saturated carbocycles. The van der Waals surface area contributed by atoms with Gasteiger partial charge < -0.3 is 10.6 Å². The number of hydrogen-bond acceptors (Lipinski definition) is 9. The number of rotatable bonds is 10. The topological polar surface area (TPSA) is 137 Å². The molecule has 0 spiro atoms. The number of carbonyl (C=O) groups excluding carboxylic acids is 1. The van der Waals surface area contributed by atoms with Crippen molar-refractivity contribution < 1.29 is 21.6 Å². The Bertz CT molecular complexity index is 2010. The van der Waals surface area contributed by atoms with E-state index >= 15 is 0 Å². The number of hydrogen-bond donors (Lipinski definition) is 1. The van der Waals surface area contributed by atoms with Gasteiger partial charge in [0.1, 0.15) is 5.82 Å². The first-order chi connectivity index (χ1) is 24.3. The summed E-state index contributed by atoms with van der Waals surface area (Å²) < 4.78 is 57.4. The maximum Gasteiger partial charge on any atom is 0.277 e. The van der Waals surface area contributed by atoms with Crippen molar-refractivity contribution in [3.63, 3.8) is 0 Å². The number of halogens is 3. The minimum atomic E-state index is -4.71. The number of likely N-dealkylation sites (tertiary alicyclic amines) is 1. The molecule has 11 nitrogen and oxygen atoms in total. The minimum absolute atomic E-state index is 0.0529. The highest BCUT2D eigenvalue weighted by Gasteiger charge is 2.39. The summed E-state index contributed by atoms with van der Waals surface area (Å²) in [6.45, 7) is 4.63. The van der Waals surface area contributed by atoms with E-state index in [0.29, 0.717) is 51.3 Å². The van der Waals surface area contributed by atoms with E-state index in [-0.39, 0.29) is 38.9 Å². The van der Waals surface area contributed by atoms with Crippen LogP contribution in [0.4, 0.5) is 11.5 Å². The molecule has 51 heavy (non-hydrogen) atoms. The number of amides is 1. The van der Waals surface area contributed by atoms with E-state index in [9.17, 15) is 21.6 Å². The van der Waals surface area contributed by atoms with Crippen molar-refractivity contribution in [1.82, 2.24) is 19.7 Å². The molecule has 6 rings (SSSR count). The van der Waals surface area contributed by atoms with Gasteiger partial charge in [-0.1, -0.05) is 40.9 Å². The molecule has 2 fully saturated rings. The molecule has 270 valence electrons. The largest absolute Gasteiger partial charge is 0.384 e. The molecular weight excluding hydrogens is 755 g/mol. The fraction of sp³-hybridized carbons (Fsp3) is 0.314. The maximum absolute atomic E-state index is 14.2. The summed E-state index contributed by atoms with van der Waals surface area (Å²) in [6.07, 6.45) is 3.25. The molecule has 0 aliphatic carbocycles. The molecule has 2 saturated heterocycles. The Balaban J connectivity index is 1.18. The van der Waals surface area contributed by atoms with Gasteiger partial charge in [0.2, 0.25) is 5.91 Å². The van der Waals surface area contributed by atoms with E-state index in [1.54, 1.807) is 18.3 Å². The van der Waals surface area contributed by atoms with Crippen LogP contribution in [0.25, 0.3) is 0 Å². The number of nitrogen functional groups attached to an aromatic ring is 1. The van der Waals surface area contributed by atoms with E-state index in [2.05, 4.69) is 14.8 Å². The molecule has 3 aromatic carbocycles. The fourth-order valence-electron chi connectivity index (χ4n) is 6.45. The number of benzene rings is 3. The molecule has 1 amide bonds. The van der Waals surface area contributed by atoms with Gasteiger partial charge in [-0.25, -0.2) is 21.8 Å². The summed E-state index contributed by atoms with van der Waals surface area (Å²) in [5, 5.41) is 0.738.